The molecule has 0 aromatic carbocycles. The lowest BCUT2D eigenvalue weighted by molar-refractivity contribution is -0.141. The zero-order chi connectivity index (χ0) is 13.4. The molecule has 3 aliphatic rings. The summed E-state index contributed by atoms with van der Waals surface area (Å²) in [5.74, 6) is 2.87. The topological polar surface area (TPSA) is 35.5 Å². The first-order chi connectivity index (χ1) is 9.16. The molecule has 0 aromatic rings. The largest absolute Gasteiger partial charge is 0.460 e. The summed E-state index contributed by atoms with van der Waals surface area (Å²) < 4.78 is 11.0. The van der Waals surface area contributed by atoms with Gasteiger partial charge in [-0.1, -0.05) is 18.7 Å². The number of hydrogen-bond acceptors (Lipinski definition) is 3. The highest BCUT2D eigenvalue weighted by Gasteiger charge is 2.51. The summed E-state index contributed by atoms with van der Waals surface area (Å²) in [5, 5.41) is 0. The highest BCUT2D eigenvalue weighted by molar-refractivity contribution is 5.86. The Morgan fingerprint density at radius 2 is 2.05 bits per heavy atom. The molecule has 0 aromatic heterocycles. The fourth-order valence-electron chi connectivity index (χ4n) is 4.13. The van der Waals surface area contributed by atoms with E-state index in [0.29, 0.717) is 24.7 Å². The Bertz CT molecular complexity index is 412. The molecule has 19 heavy (non-hydrogen) atoms. The molecular formula is C16H22O3. The van der Waals surface area contributed by atoms with Crippen molar-refractivity contribution >= 4 is 5.97 Å². The molecule has 0 radical (unpaired) electrons. The van der Waals surface area contributed by atoms with E-state index in [0.717, 1.165) is 17.8 Å². The van der Waals surface area contributed by atoms with Crippen LogP contribution in [0.5, 0.6) is 0 Å². The average molecular weight is 262 g/mol. The number of fused-ring (bicyclic) bond motifs is 5. The lowest BCUT2D eigenvalue weighted by Crippen LogP contribution is -2.29. The Morgan fingerprint density at radius 3 is 2.84 bits per heavy atom. The maximum Gasteiger partial charge on any atom is 0.333 e. The van der Waals surface area contributed by atoms with Gasteiger partial charge in [-0.3, -0.25) is 0 Å². The van der Waals surface area contributed by atoms with E-state index in [2.05, 4.69) is 18.7 Å². The van der Waals surface area contributed by atoms with Gasteiger partial charge in [-0.2, -0.15) is 0 Å². The molecular weight excluding hydrogens is 240 g/mol. The van der Waals surface area contributed by atoms with E-state index in [1.54, 1.807) is 6.92 Å². The summed E-state index contributed by atoms with van der Waals surface area (Å²) >= 11 is 0. The number of allylic oxidation sites excluding steroid dienone is 1. The van der Waals surface area contributed by atoms with Gasteiger partial charge in [-0.15, -0.1) is 0 Å². The van der Waals surface area contributed by atoms with Crippen LogP contribution in [0.25, 0.3) is 0 Å². The van der Waals surface area contributed by atoms with Gasteiger partial charge >= 0.3 is 5.97 Å². The quantitative estimate of drug-likeness (QED) is 0.331. The molecule has 0 spiro atoms. The van der Waals surface area contributed by atoms with E-state index in [-0.39, 0.29) is 12.1 Å². The minimum absolute atomic E-state index is 0.240. The first-order valence-corrected chi connectivity index (χ1v) is 7.29. The number of ether oxygens (including phenoxy) is 2. The van der Waals surface area contributed by atoms with Gasteiger partial charge in [0, 0.05) is 5.57 Å². The van der Waals surface area contributed by atoms with Crippen molar-refractivity contribution in [3.8, 4) is 0 Å². The predicted octanol–water partition coefficient (Wildman–Crippen LogP) is 2.72. The summed E-state index contributed by atoms with van der Waals surface area (Å²) in [4.78, 5) is 11.2. The fourth-order valence-corrected chi connectivity index (χ4v) is 4.13. The first kappa shape index (κ1) is 12.9. The van der Waals surface area contributed by atoms with E-state index in [9.17, 15) is 4.79 Å². The van der Waals surface area contributed by atoms with Crippen LogP contribution in [0.3, 0.4) is 0 Å². The standard InChI is InChI=1S/C16H22O3/c1-10(2)16(17)19-8-7-18-14-6-5-13-11-3-4-12(9-11)15(13)14/h5-6,11-15H,1,3-4,7-9H2,2H3. The van der Waals surface area contributed by atoms with Crippen molar-refractivity contribution in [3.05, 3.63) is 24.3 Å². The number of hydrogen-bond donors (Lipinski definition) is 0. The van der Waals surface area contributed by atoms with Crippen LogP contribution in [0.1, 0.15) is 26.2 Å². The van der Waals surface area contributed by atoms with Crippen molar-refractivity contribution < 1.29 is 14.3 Å². The molecule has 5 atom stereocenters. The Labute approximate surface area is 114 Å². The third-order valence-corrected chi connectivity index (χ3v) is 4.92. The second-order valence-corrected chi connectivity index (χ2v) is 6.12. The monoisotopic (exact) mass is 262 g/mol. The normalized spacial score (nSPS) is 38.5. The summed E-state index contributed by atoms with van der Waals surface area (Å²) in [6, 6.07) is 0. The van der Waals surface area contributed by atoms with Crippen LogP contribution in [0, 0.1) is 23.7 Å². The van der Waals surface area contributed by atoms with Crippen LogP contribution < -0.4 is 0 Å². The summed E-state index contributed by atoms with van der Waals surface area (Å²) in [6.07, 6.45) is 8.99. The minimum Gasteiger partial charge on any atom is -0.460 e. The van der Waals surface area contributed by atoms with Gasteiger partial charge in [0.2, 0.25) is 0 Å². The number of rotatable bonds is 5. The zero-order valence-corrected chi connectivity index (χ0v) is 11.5. The van der Waals surface area contributed by atoms with Gasteiger partial charge in [-0.05, 0) is 49.9 Å². The zero-order valence-electron chi connectivity index (χ0n) is 11.5. The van der Waals surface area contributed by atoms with Crippen molar-refractivity contribution in [3.63, 3.8) is 0 Å². The minimum atomic E-state index is -0.330. The molecule has 2 saturated carbocycles. The molecule has 3 rings (SSSR count). The molecule has 0 saturated heterocycles. The molecule has 0 heterocycles. The van der Waals surface area contributed by atoms with Crippen LogP contribution in [-0.4, -0.2) is 25.3 Å². The molecule has 0 amide bonds. The van der Waals surface area contributed by atoms with Crippen LogP contribution in [-0.2, 0) is 14.3 Å². The van der Waals surface area contributed by atoms with Crippen molar-refractivity contribution in [1.82, 2.24) is 0 Å². The molecule has 0 N–H and O–H groups in total. The molecule has 3 aliphatic carbocycles. The second kappa shape index (κ2) is 5.12. The summed E-state index contributed by atoms with van der Waals surface area (Å²) in [6.45, 7) is 6.01. The fraction of sp³-hybridized carbons (Fsp3) is 0.688. The molecule has 0 aliphatic heterocycles. The second-order valence-electron chi connectivity index (χ2n) is 6.12. The lowest BCUT2D eigenvalue weighted by atomic mass is 9.80. The molecule has 3 heteroatoms. The van der Waals surface area contributed by atoms with Crippen LogP contribution >= 0.6 is 0 Å². The summed E-state index contributed by atoms with van der Waals surface area (Å²) in [5.41, 5.74) is 0.439. The molecule has 2 bridgehead atoms. The van der Waals surface area contributed by atoms with E-state index >= 15 is 0 Å². The average Bonchev–Trinajstić information content (AvgIpc) is 3.06. The van der Waals surface area contributed by atoms with Crippen LogP contribution in [0.4, 0.5) is 0 Å². The van der Waals surface area contributed by atoms with E-state index < -0.39 is 0 Å². The van der Waals surface area contributed by atoms with Gasteiger partial charge in [0.25, 0.3) is 0 Å². The Balaban J connectivity index is 1.43. The predicted molar refractivity (Wildman–Crippen MR) is 72.5 cm³/mol. The SMILES string of the molecule is C=C(C)C(=O)OCCOC1C=CC2C3CCC(C3)C12. The lowest BCUT2D eigenvalue weighted by Gasteiger charge is -2.29. The van der Waals surface area contributed by atoms with Gasteiger partial charge < -0.3 is 9.47 Å². The van der Waals surface area contributed by atoms with Crippen LogP contribution in [0.15, 0.2) is 24.3 Å². The van der Waals surface area contributed by atoms with E-state index in [1.807, 2.05) is 0 Å². The van der Waals surface area contributed by atoms with Gasteiger partial charge in [0.05, 0.1) is 12.7 Å². The number of carbonyl (C=O) groups excluding carboxylic acids is 1. The van der Waals surface area contributed by atoms with E-state index in [1.165, 1.54) is 19.3 Å². The highest BCUT2D eigenvalue weighted by Crippen LogP contribution is 2.56. The van der Waals surface area contributed by atoms with Crippen LogP contribution in [0.2, 0.25) is 0 Å². The molecule has 2 fully saturated rings. The maximum atomic E-state index is 11.2. The molecule has 3 nitrogen and oxygen atoms in total. The van der Waals surface area contributed by atoms with Crippen molar-refractivity contribution in [2.75, 3.05) is 13.2 Å². The van der Waals surface area contributed by atoms with Crippen molar-refractivity contribution in [2.45, 2.75) is 32.3 Å². The third kappa shape index (κ3) is 2.36. The van der Waals surface area contributed by atoms with Gasteiger partial charge in [0.15, 0.2) is 0 Å². The summed E-state index contributed by atoms with van der Waals surface area (Å²) in [7, 11) is 0. The number of esters is 1. The van der Waals surface area contributed by atoms with Crippen molar-refractivity contribution in [2.24, 2.45) is 23.7 Å². The Kier molecular flexibility index (Phi) is 3.48. The van der Waals surface area contributed by atoms with Crippen molar-refractivity contribution in [1.29, 1.82) is 0 Å². The highest BCUT2D eigenvalue weighted by atomic mass is 16.6. The van der Waals surface area contributed by atoms with E-state index in [4.69, 9.17) is 9.47 Å². The van der Waals surface area contributed by atoms with Gasteiger partial charge in [-0.25, -0.2) is 4.79 Å². The number of carbonyl (C=O) groups is 1. The molecule has 104 valence electrons. The Hall–Kier alpha value is -1.09. The first-order valence-electron chi connectivity index (χ1n) is 7.29. The molecule has 5 unspecified atom stereocenters. The maximum absolute atomic E-state index is 11.2. The third-order valence-electron chi connectivity index (χ3n) is 4.92. The smallest absolute Gasteiger partial charge is 0.333 e. The Morgan fingerprint density at radius 1 is 1.26 bits per heavy atom. The van der Waals surface area contributed by atoms with Gasteiger partial charge in [0.1, 0.15) is 6.61 Å².